The maximum absolute atomic E-state index is 8.33. The standard InChI is InChI=1S/2CH2O3.2La.4H2O/c2*2-1(3)4;;;;;;/h2*(H2,2,3,4);;;4*1H2/q;;2*+3;;;;/p-4. The molecule has 0 unspecified atom stereocenters. The smallest absolute Gasteiger partial charge is 0.652 e. The molecule has 0 aromatic carbocycles. The second-order valence-electron chi connectivity index (χ2n) is 0.500. The molecule has 0 rings (SSSR count). The van der Waals surface area contributed by atoms with Gasteiger partial charge >= 0.3 is 71.2 Å². The van der Waals surface area contributed by atoms with E-state index in [-0.39, 0.29) is 93.1 Å². The molecule has 0 bridgehead atoms. The zero-order valence-electron chi connectivity index (χ0n) is 6.60. The van der Waals surface area contributed by atoms with Gasteiger partial charge in [-0.1, -0.05) is 0 Å². The monoisotopic (exact) mass is 470 g/mol. The first-order valence-electron chi connectivity index (χ1n) is 1.22. The summed E-state index contributed by atoms with van der Waals surface area (Å²) < 4.78 is 0. The Labute approximate surface area is 134 Å². The average molecular weight is 470 g/mol. The van der Waals surface area contributed by atoms with E-state index in [1.807, 2.05) is 0 Å². The van der Waals surface area contributed by atoms with Crippen molar-refractivity contribution in [3.63, 3.8) is 0 Å². The summed E-state index contributed by atoms with van der Waals surface area (Å²) in [5.74, 6) is 0. The number of hydrogen-bond acceptors (Lipinski definition) is 6. The fraction of sp³-hybridized carbons (Fsp3) is 0. The molecule has 0 aliphatic rings. The van der Waals surface area contributed by atoms with Crippen LogP contribution in [0.1, 0.15) is 0 Å². The molecule has 0 atom stereocenters. The van der Waals surface area contributed by atoms with Crippen molar-refractivity contribution in [1.29, 1.82) is 0 Å². The summed E-state index contributed by atoms with van der Waals surface area (Å²) in [4.78, 5) is 16.7. The molecule has 0 saturated heterocycles. The SMILES string of the molecule is O.O.O.O.O=C([O-])[O-].O=C([O-])[O-].[La+3].[La+3]. The van der Waals surface area contributed by atoms with Gasteiger partial charge in [0.2, 0.25) is 0 Å². The maximum Gasteiger partial charge on any atom is 3.00 e. The molecule has 0 aliphatic carbocycles. The molecule has 0 aromatic rings. The number of rotatable bonds is 0. The van der Waals surface area contributed by atoms with E-state index in [9.17, 15) is 0 Å². The third-order valence-corrected chi connectivity index (χ3v) is 0. The van der Waals surface area contributed by atoms with Gasteiger partial charge in [-0.3, -0.25) is 0 Å². The molecule has 0 aromatic heterocycles. The Bertz CT molecular complexity index is 74.1. The van der Waals surface area contributed by atoms with Crippen molar-refractivity contribution >= 4 is 12.3 Å². The van der Waals surface area contributed by atoms with Crippen LogP contribution in [-0.2, 0) is 0 Å². The topological polar surface area (TPSA) is 252 Å². The van der Waals surface area contributed by atoms with Crippen molar-refractivity contribution in [1.82, 2.24) is 0 Å². The summed E-state index contributed by atoms with van der Waals surface area (Å²) in [6.07, 6.45) is -4.67. The van der Waals surface area contributed by atoms with E-state index in [4.69, 9.17) is 30.0 Å². The third kappa shape index (κ3) is 2990. The van der Waals surface area contributed by atoms with Gasteiger partial charge in [0.15, 0.2) is 0 Å². The molecule has 0 aliphatic heterocycles. The molecule has 80 valence electrons. The summed E-state index contributed by atoms with van der Waals surface area (Å²) in [6.45, 7) is 0. The molecule has 0 spiro atoms. The maximum atomic E-state index is 8.33. The van der Waals surface area contributed by atoms with Crippen LogP contribution in [0.15, 0.2) is 0 Å². The van der Waals surface area contributed by atoms with Crippen molar-refractivity contribution in [3.8, 4) is 0 Å². The Morgan fingerprint density at radius 1 is 0.571 bits per heavy atom. The Hall–Kier alpha value is 0.770. The minimum atomic E-state index is -2.33. The van der Waals surface area contributed by atoms with Crippen molar-refractivity contribution < 1.29 is 123 Å². The van der Waals surface area contributed by atoms with Crippen LogP contribution in [0, 0.1) is 71.2 Å². The number of carbonyl (C=O) groups is 2. The van der Waals surface area contributed by atoms with Gasteiger partial charge < -0.3 is 51.9 Å². The van der Waals surface area contributed by atoms with Gasteiger partial charge in [-0.05, 0) is 12.3 Å². The van der Waals surface area contributed by atoms with Gasteiger partial charge in [-0.15, -0.1) is 0 Å². The summed E-state index contributed by atoms with van der Waals surface area (Å²) in [7, 11) is 0. The molecule has 0 saturated carbocycles. The minimum absolute atomic E-state index is 0. The Balaban J connectivity index is -0.00000000600. The molecule has 0 heterocycles. The van der Waals surface area contributed by atoms with Crippen LogP contribution in [0.4, 0.5) is 9.59 Å². The van der Waals surface area contributed by atoms with E-state index in [2.05, 4.69) is 0 Å². The Kier molecular flexibility index (Phi) is 214. The van der Waals surface area contributed by atoms with E-state index < -0.39 is 12.3 Å². The van der Waals surface area contributed by atoms with Crippen LogP contribution < -0.4 is 20.4 Å². The predicted octanol–water partition coefficient (Wildman–Crippen LogP) is -8.19. The first-order valence-corrected chi connectivity index (χ1v) is 1.22. The van der Waals surface area contributed by atoms with Crippen molar-refractivity contribution in [2.75, 3.05) is 0 Å². The third-order valence-electron chi connectivity index (χ3n) is 0. The molecule has 10 nitrogen and oxygen atoms in total. The molecule has 0 radical (unpaired) electrons. The van der Waals surface area contributed by atoms with Crippen molar-refractivity contribution in [3.05, 3.63) is 0 Å². The first-order chi connectivity index (χ1) is 3.46. The second kappa shape index (κ2) is 49.0. The summed E-state index contributed by atoms with van der Waals surface area (Å²) in [5.41, 5.74) is 0. The fourth-order valence-corrected chi connectivity index (χ4v) is 0. The van der Waals surface area contributed by atoms with Gasteiger partial charge in [-0.2, -0.15) is 0 Å². The van der Waals surface area contributed by atoms with E-state index >= 15 is 0 Å². The summed E-state index contributed by atoms with van der Waals surface area (Å²) in [6, 6.07) is 0. The summed E-state index contributed by atoms with van der Waals surface area (Å²) >= 11 is 0. The molecular formula is C2H8La2O10+2. The fourth-order valence-electron chi connectivity index (χ4n) is 0. The minimum Gasteiger partial charge on any atom is -0.652 e. The van der Waals surface area contributed by atoms with Gasteiger partial charge in [0, 0.05) is 0 Å². The molecule has 8 N–H and O–H groups in total. The van der Waals surface area contributed by atoms with Crippen LogP contribution in [-0.4, -0.2) is 34.2 Å². The molecule has 0 fully saturated rings. The van der Waals surface area contributed by atoms with Gasteiger partial charge in [0.25, 0.3) is 0 Å². The first kappa shape index (κ1) is 61.1. The van der Waals surface area contributed by atoms with Crippen LogP contribution in [0.5, 0.6) is 0 Å². The van der Waals surface area contributed by atoms with Crippen LogP contribution >= 0.6 is 0 Å². The quantitative estimate of drug-likeness (QED) is 0.332. The van der Waals surface area contributed by atoms with Gasteiger partial charge in [0.05, 0.1) is 0 Å². The van der Waals surface area contributed by atoms with E-state index in [1.165, 1.54) is 0 Å². The molecular weight excluding hydrogens is 462 g/mol. The zero-order chi connectivity index (χ0) is 7.15. The zero-order valence-corrected chi connectivity index (χ0v) is 13.9. The number of hydrogen-bond donors (Lipinski definition) is 0. The molecule has 14 heavy (non-hydrogen) atoms. The predicted molar refractivity (Wildman–Crippen MR) is 25.2 cm³/mol. The number of carbonyl (C=O) groups excluding carboxylic acids is 2. The van der Waals surface area contributed by atoms with Gasteiger partial charge in [-0.25, -0.2) is 0 Å². The van der Waals surface area contributed by atoms with Crippen molar-refractivity contribution in [2.45, 2.75) is 0 Å². The second-order valence-corrected chi connectivity index (χ2v) is 0.500. The summed E-state index contributed by atoms with van der Waals surface area (Å²) in [5, 5.41) is 33.3. The normalized spacial score (nSPS) is 3.43. The van der Waals surface area contributed by atoms with E-state index in [0.29, 0.717) is 0 Å². The Morgan fingerprint density at radius 3 is 0.571 bits per heavy atom. The number of carboxylic acid groups (broad SMARTS) is 4. The average Bonchev–Trinajstić information content (AvgIpc) is 1.25. The van der Waals surface area contributed by atoms with E-state index in [1.54, 1.807) is 0 Å². The Morgan fingerprint density at radius 2 is 0.571 bits per heavy atom. The van der Waals surface area contributed by atoms with Crippen LogP contribution in [0.25, 0.3) is 0 Å². The van der Waals surface area contributed by atoms with Gasteiger partial charge in [0.1, 0.15) is 0 Å². The van der Waals surface area contributed by atoms with Crippen LogP contribution in [0.3, 0.4) is 0 Å². The van der Waals surface area contributed by atoms with Crippen LogP contribution in [0.2, 0.25) is 0 Å². The molecule has 0 amide bonds. The van der Waals surface area contributed by atoms with E-state index in [0.717, 1.165) is 0 Å². The molecule has 12 heteroatoms. The largest absolute Gasteiger partial charge is 3.00 e. The van der Waals surface area contributed by atoms with Crippen molar-refractivity contribution in [2.24, 2.45) is 0 Å².